The average molecular weight is 333 g/mol. The first kappa shape index (κ1) is 16.3. The lowest BCUT2D eigenvalue weighted by Crippen LogP contribution is -2.25. The van der Waals surface area contributed by atoms with Crippen LogP contribution in [0.1, 0.15) is 12.0 Å². The van der Waals surface area contributed by atoms with E-state index < -0.39 is 0 Å². The number of hydrogen-bond acceptors (Lipinski definition) is 7. The third-order valence-electron chi connectivity index (χ3n) is 2.58. The largest absolute Gasteiger partial charge is 0.356 e. The number of hydrogen-bond donors (Lipinski definition) is 2. The van der Waals surface area contributed by atoms with Gasteiger partial charge in [-0.3, -0.25) is 4.79 Å². The maximum Gasteiger partial charge on any atom is 0.230 e. The Bertz CT molecular complexity index is 638. The summed E-state index contributed by atoms with van der Waals surface area (Å²) in [7, 11) is 0. The summed E-state index contributed by atoms with van der Waals surface area (Å²) in [4.78, 5) is 11.5. The normalized spacial score (nSPS) is 9.95. The van der Waals surface area contributed by atoms with Gasteiger partial charge in [-0.05, 0) is 5.56 Å². The molecule has 0 fully saturated rings. The fourth-order valence-electron chi connectivity index (χ4n) is 1.55. The number of rotatable bonds is 8. The van der Waals surface area contributed by atoms with Gasteiger partial charge >= 0.3 is 0 Å². The van der Waals surface area contributed by atoms with Gasteiger partial charge in [0.2, 0.25) is 11.0 Å². The van der Waals surface area contributed by atoms with Gasteiger partial charge in [0.05, 0.1) is 18.2 Å². The van der Waals surface area contributed by atoms with E-state index in [0.717, 1.165) is 9.47 Å². The molecule has 0 aliphatic heterocycles. The van der Waals surface area contributed by atoms with Crippen LogP contribution in [0.4, 0.5) is 5.13 Å². The van der Waals surface area contributed by atoms with Crippen LogP contribution in [0.3, 0.4) is 0 Å². The van der Waals surface area contributed by atoms with E-state index in [0.29, 0.717) is 19.5 Å². The highest BCUT2D eigenvalue weighted by Gasteiger charge is 2.07. The zero-order chi connectivity index (χ0) is 15.6. The smallest absolute Gasteiger partial charge is 0.230 e. The van der Waals surface area contributed by atoms with E-state index in [4.69, 9.17) is 5.26 Å². The quantitative estimate of drug-likeness (QED) is 0.569. The minimum Gasteiger partial charge on any atom is -0.356 e. The minimum atomic E-state index is -0.103. The molecule has 1 aromatic heterocycles. The fourth-order valence-corrected chi connectivity index (χ4v) is 3.13. The van der Waals surface area contributed by atoms with Crippen molar-refractivity contribution in [3.8, 4) is 6.07 Å². The number of carbonyl (C=O) groups is 1. The number of nitriles is 1. The molecule has 2 rings (SSSR count). The molecular weight excluding hydrogens is 318 g/mol. The number of anilines is 1. The maximum atomic E-state index is 11.5. The van der Waals surface area contributed by atoms with Gasteiger partial charge in [-0.1, -0.05) is 53.4 Å². The number of thioether (sulfide) groups is 1. The van der Waals surface area contributed by atoms with E-state index in [-0.39, 0.29) is 11.7 Å². The van der Waals surface area contributed by atoms with Crippen LogP contribution in [0.2, 0.25) is 0 Å². The molecule has 0 unspecified atom stereocenters. The van der Waals surface area contributed by atoms with Crippen LogP contribution in [0.25, 0.3) is 0 Å². The molecule has 0 radical (unpaired) electrons. The van der Waals surface area contributed by atoms with Gasteiger partial charge in [0.15, 0.2) is 4.34 Å². The Balaban J connectivity index is 1.72. The summed E-state index contributed by atoms with van der Waals surface area (Å²) in [5.74, 6) is 0.174. The minimum absolute atomic E-state index is 0.103. The molecule has 1 heterocycles. The molecule has 2 aromatic rings. The van der Waals surface area contributed by atoms with Crippen LogP contribution in [-0.4, -0.2) is 28.4 Å². The first-order chi connectivity index (χ1) is 10.8. The highest BCUT2D eigenvalue weighted by atomic mass is 32.2. The number of carbonyl (C=O) groups excluding carboxylic acids is 1. The summed E-state index contributed by atoms with van der Waals surface area (Å²) in [5, 5.41) is 23.1. The number of benzene rings is 1. The summed E-state index contributed by atoms with van der Waals surface area (Å²) < 4.78 is 0.742. The number of nitrogens with one attached hydrogen (secondary N) is 2. The Morgan fingerprint density at radius 1 is 1.32 bits per heavy atom. The van der Waals surface area contributed by atoms with Crippen LogP contribution < -0.4 is 10.6 Å². The van der Waals surface area contributed by atoms with E-state index in [2.05, 4.69) is 20.8 Å². The molecule has 0 spiro atoms. The first-order valence-electron chi connectivity index (χ1n) is 6.65. The Morgan fingerprint density at radius 2 is 2.14 bits per heavy atom. The molecular formula is C14H15N5OS2. The lowest BCUT2D eigenvalue weighted by Gasteiger charge is -2.01. The lowest BCUT2D eigenvalue weighted by molar-refractivity contribution is -0.118. The Labute approximate surface area is 137 Å². The topological polar surface area (TPSA) is 90.7 Å². The van der Waals surface area contributed by atoms with Gasteiger partial charge < -0.3 is 10.6 Å². The average Bonchev–Trinajstić information content (AvgIpc) is 3.00. The molecule has 2 N–H and O–H groups in total. The summed E-state index contributed by atoms with van der Waals surface area (Å²) in [5.41, 5.74) is 1.17. The molecule has 1 amide bonds. The van der Waals surface area contributed by atoms with Crippen LogP contribution in [0.5, 0.6) is 0 Å². The SMILES string of the molecule is N#CCCNC(=O)CSc1nnc(NCc2ccccc2)s1. The van der Waals surface area contributed by atoms with Crippen LogP contribution in [0, 0.1) is 11.3 Å². The predicted molar refractivity (Wildman–Crippen MR) is 87.6 cm³/mol. The van der Waals surface area contributed by atoms with E-state index >= 15 is 0 Å². The van der Waals surface area contributed by atoms with Crippen LogP contribution in [0.15, 0.2) is 34.7 Å². The molecule has 1 aromatic carbocycles. The van der Waals surface area contributed by atoms with Crippen molar-refractivity contribution in [2.24, 2.45) is 0 Å². The number of amides is 1. The van der Waals surface area contributed by atoms with Crippen LogP contribution in [-0.2, 0) is 11.3 Å². The van der Waals surface area contributed by atoms with Gasteiger partial charge in [0, 0.05) is 13.1 Å². The number of nitrogens with zero attached hydrogens (tertiary/aromatic N) is 3. The Morgan fingerprint density at radius 3 is 2.91 bits per heavy atom. The zero-order valence-corrected chi connectivity index (χ0v) is 13.4. The van der Waals surface area contributed by atoms with E-state index in [1.165, 1.54) is 28.7 Å². The Hall–Kier alpha value is -2.11. The van der Waals surface area contributed by atoms with Crippen molar-refractivity contribution < 1.29 is 4.79 Å². The second-order valence-corrected chi connectivity index (χ2v) is 6.46. The monoisotopic (exact) mass is 333 g/mol. The fraction of sp³-hybridized carbons (Fsp3) is 0.286. The highest BCUT2D eigenvalue weighted by molar-refractivity contribution is 8.01. The van der Waals surface area contributed by atoms with Crippen molar-refractivity contribution in [1.82, 2.24) is 15.5 Å². The summed E-state index contributed by atoms with van der Waals surface area (Å²) >= 11 is 2.76. The standard InChI is InChI=1S/C14H15N5OS2/c15-7-4-8-16-12(20)10-21-14-19-18-13(22-14)17-9-11-5-2-1-3-6-11/h1-3,5-6H,4,8-10H2,(H,16,20)(H,17,18). The second kappa shape index (κ2) is 9.02. The third kappa shape index (κ3) is 5.71. The maximum absolute atomic E-state index is 11.5. The zero-order valence-electron chi connectivity index (χ0n) is 11.8. The molecule has 8 heteroatoms. The third-order valence-corrected chi connectivity index (χ3v) is 4.59. The van der Waals surface area contributed by atoms with Crippen LogP contribution >= 0.6 is 23.1 Å². The number of aromatic nitrogens is 2. The van der Waals surface area contributed by atoms with Crippen molar-refractivity contribution in [2.45, 2.75) is 17.3 Å². The molecule has 0 aliphatic rings. The van der Waals surface area contributed by atoms with Crippen molar-refractivity contribution in [3.05, 3.63) is 35.9 Å². The Kier molecular flexibility index (Phi) is 6.67. The van der Waals surface area contributed by atoms with Crippen molar-refractivity contribution in [1.29, 1.82) is 5.26 Å². The molecule has 0 saturated heterocycles. The molecule has 0 bridgehead atoms. The van der Waals surface area contributed by atoms with E-state index in [1.54, 1.807) is 0 Å². The van der Waals surface area contributed by atoms with Gasteiger partial charge in [0.25, 0.3) is 0 Å². The van der Waals surface area contributed by atoms with Gasteiger partial charge in [-0.15, -0.1) is 10.2 Å². The lowest BCUT2D eigenvalue weighted by atomic mass is 10.2. The highest BCUT2D eigenvalue weighted by Crippen LogP contribution is 2.25. The molecule has 0 atom stereocenters. The molecule has 114 valence electrons. The summed E-state index contributed by atoms with van der Waals surface area (Å²) in [6, 6.07) is 12.0. The molecule has 0 aliphatic carbocycles. The molecule has 22 heavy (non-hydrogen) atoms. The van der Waals surface area contributed by atoms with Gasteiger partial charge in [0.1, 0.15) is 0 Å². The van der Waals surface area contributed by atoms with Crippen molar-refractivity contribution >= 4 is 34.1 Å². The van der Waals surface area contributed by atoms with E-state index in [9.17, 15) is 4.79 Å². The van der Waals surface area contributed by atoms with Gasteiger partial charge in [-0.25, -0.2) is 0 Å². The predicted octanol–water partition coefficient (Wildman–Crippen LogP) is 2.27. The second-order valence-electron chi connectivity index (χ2n) is 4.26. The molecule has 6 nitrogen and oxygen atoms in total. The summed E-state index contributed by atoms with van der Waals surface area (Å²) in [6.45, 7) is 1.07. The van der Waals surface area contributed by atoms with Crippen molar-refractivity contribution in [3.63, 3.8) is 0 Å². The first-order valence-corrected chi connectivity index (χ1v) is 8.46. The summed E-state index contributed by atoms with van der Waals surface area (Å²) in [6.07, 6.45) is 0.322. The molecule has 0 saturated carbocycles. The van der Waals surface area contributed by atoms with Crippen molar-refractivity contribution in [2.75, 3.05) is 17.6 Å². The van der Waals surface area contributed by atoms with Gasteiger partial charge in [-0.2, -0.15) is 5.26 Å². The van der Waals surface area contributed by atoms with E-state index in [1.807, 2.05) is 36.4 Å².